The predicted octanol–water partition coefficient (Wildman–Crippen LogP) is 0.000900. The highest BCUT2D eigenvalue weighted by atomic mass is 16.6. The van der Waals surface area contributed by atoms with Crippen molar-refractivity contribution < 1.29 is 14.3 Å². The Balaban J connectivity index is 2.68. The number of nitrogens with one attached hydrogen (secondary N) is 1. The molecule has 1 aliphatic rings. The van der Waals surface area contributed by atoms with Gasteiger partial charge < -0.3 is 20.7 Å². The molecule has 1 rings (SSSR count). The molecule has 21 heavy (non-hydrogen) atoms. The first-order valence-corrected chi connectivity index (χ1v) is 7.35. The molecule has 0 spiro atoms. The van der Waals surface area contributed by atoms with Gasteiger partial charge in [-0.3, -0.25) is 9.69 Å². The van der Waals surface area contributed by atoms with E-state index in [9.17, 15) is 9.59 Å². The van der Waals surface area contributed by atoms with Gasteiger partial charge in [-0.25, -0.2) is 4.79 Å². The van der Waals surface area contributed by atoms with E-state index in [-0.39, 0.29) is 24.1 Å². The quantitative estimate of drug-likeness (QED) is 0.766. The fraction of sp³-hybridized carbons (Fsp3) is 0.857. The molecule has 7 heteroatoms. The summed E-state index contributed by atoms with van der Waals surface area (Å²) in [5, 5.41) is 2.65. The smallest absolute Gasteiger partial charge is 0.410 e. The van der Waals surface area contributed by atoms with Crippen LogP contribution in [-0.4, -0.2) is 72.7 Å². The van der Waals surface area contributed by atoms with Gasteiger partial charge in [-0.1, -0.05) is 0 Å². The van der Waals surface area contributed by atoms with Crippen molar-refractivity contribution in [3.63, 3.8) is 0 Å². The molecule has 0 aliphatic carbocycles. The molecular formula is C14H28N4O3. The molecule has 3 N–H and O–H groups in total. The van der Waals surface area contributed by atoms with Crippen LogP contribution in [0.3, 0.4) is 0 Å². The maximum Gasteiger partial charge on any atom is 0.410 e. The average molecular weight is 300 g/mol. The van der Waals surface area contributed by atoms with Crippen LogP contribution in [0, 0.1) is 0 Å². The van der Waals surface area contributed by atoms with Crippen molar-refractivity contribution in [1.29, 1.82) is 0 Å². The number of carbonyl (C=O) groups excluding carboxylic acids is 2. The van der Waals surface area contributed by atoms with E-state index in [4.69, 9.17) is 10.5 Å². The first-order chi connectivity index (χ1) is 9.69. The van der Waals surface area contributed by atoms with E-state index in [1.54, 1.807) is 11.9 Å². The molecule has 0 bridgehead atoms. The summed E-state index contributed by atoms with van der Waals surface area (Å²) in [5.41, 5.74) is 5.30. The van der Waals surface area contributed by atoms with Crippen LogP contribution in [0.4, 0.5) is 4.79 Å². The van der Waals surface area contributed by atoms with Crippen LogP contribution in [0.15, 0.2) is 0 Å². The molecule has 2 unspecified atom stereocenters. The van der Waals surface area contributed by atoms with E-state index in [1.165, 1.54) is 0 Å². The minimum atomic E-state index is -0.512. The Hall–Kier alpha value is -1.34. The van der Waals surface area contributed by atoms with Gasteiger partial charge in [0, 0.05) is 39.3 Å². The Morgan fingerprint density at radius 2 is 2.00 bits per heavy atom. The summed E-state index contributed by atoms with van der Waals surface area (Å²) in [6.45, 7) is 9.39. The lowest BCUT2D eigenvalue weighted by atomic mass is 10.1. The number of amides is 2. The molecule has 1 saturated heterocycles. The second-order valence-electron chi connectivity index (χ2n) is 6.34. The van der Waals surface area contributed by atoms with Crippen molar-refractivity contribution in [2.45, 2.75) is 45.4 Å². The monoisotopic (exact) mass is 300 g/mol. The zero-order chi connectivity index (χ0) is 16.2. The third-order valence-corrected chi connectivity index (χ3v) is 3.58. The Labute approximate surface area is 126 Å². The van der Waals surface area contributed by atoms with Crippen molar-refractivity contribution >= 4 is 12.0 Å². The summed E-state index contributed by atoms with van der Waals surface area (Å²) >= 11 is 0. The van der Waals surface area contributed by atoms with Crippen molar-refractivity contribution in [2.24, 2.45) is 5.73 Å². The maximum atomic E-state index is 12.1. The highest BCUT2D eigenvalue weighted by Crippen LogP contribution is 2.16. The van der Waals surface area contributed by atoms with Crippen molar-refractivity contribution in [1.82, 2.24) is 15.1 Å². The van der Waals surface area contributed by atoms with E-state index in [0.29, 0.717) is 26.2 Å². The summed E-state index contributed by atoms with van der Waals surface area (Å²) in [4.78, 5) is 27.6. The molecule has 122 valence electrons. The lowest BCUT2D eigenvalue weighted by Crippen LogP contribution is -2.62. The van der Waals surface area contributed by atoms with E-state index < -0.39 is 5.60 Å². The standard InChI is InChI=1S/C14H28N4O3/c1-10(12(19)16-5)18-7-6-17(9-11(18)8-15)13(20)21-14(2,3)4/h10-11H,6-9,15H2,1-5H3,(H,16,19). The van der Waals surface area contributed by atoms with E-state index in [0.717, 1.165) is 0 Å². The summed E-state index contributed by atoms with van der Waals surface area (Å²) in [5.74, 6) is -0.0424. The first kappa shape index (κ1) is 17.7. The fourth-order valence-electron chi connectivity index (χ4n) is 2.44. The van der Waals surface area contributed by atoms with Gasteiger partial charge >= 0.3 is 6.09 Å². The highest BCUT2D eigenvalue weighted by Gasteiger charge is 2.35. The van der Waals surface area contributed by atoms with Crippen LogP contribution in [0.5, 0.6) is 0 Å². The molecular weight excluding hydrogens is 272 g/mol. The molecule has 2 amide bonds. The summed E-state index contributed by atoms with van der Waals surface area (Å²) in [7, 11) is 1.62. The second-order valence-corrected chi connectivity index (χ2v) is 6.34. The van der Waals surface area contributed by atoms with Gasteiger partial charge in [0.1, 0.15) is 5.60 Å². The molecule has 1 heterocycles. The number of hydrogen-bond acceptors (Lipinski definition) is 5. The number of ether oxygens (including phenoxy) is 1. The van der Waals surface area contributed by atoms with E-state index in [2.05, 4.69) is 5.32 Å². The third-order valence-electron chi connectivity index (χ3n) is 3.58. The van der Waals surface area contributed by atoms with Gasteiger partial charge in [-0.05, 0) is 27.7 Å². The molecule has 7 nitrogen and oxygen atoms in total. The minimum Gasteiger partial charge on any atom is -0.444 e. The summed E-state index contributed by atoms with van der Waals surface area (Å²) in [6.07, 6.45) is -0.326. The molecule has 0 radical (unpaired) electrons. The summed E-state index contributed by atoms with van der Waals surface area (Å²) in [6, 6.07) is -0.303. The first-order valence-electron chi connectivity index (χ1n) is 7.35. The van der Waals surface area contributed by atoms with Crippen molar-refractivity contribution in [2.75, 3.05) is 33.2 Å². The van der Waals surface area contributed by atoms with Crippen LogP contribution in [-0.2, 0) is 9.53 Å². The van der Waals surface area contributed by atoms with Gasteiger partial charge in [0.25, 0.3) is 0 Å². The largest absolute Gasteiger partial charge is 0.444 e. The number of nitrogens with zero attached hydrogens (tertiary/aromatic N) is 2. The Bertz CT molecular complexity index is 381. The predicted molar refractivity (Wildman–Crippen MR) is 80.9 cm³/mol. The minimum absolute atomic E-state index is 0.0424. The van der Waals surface area contributed by atoms with Gasteiger partial charge in [0.05, 0.1) is 6.04 Å². The number of likely N-dealkylation sites (N-methyl/N-ethyl adjacent to an activating group) is 1. The molecule has 0 aromatic heterocycles. The normalized spacial score (nSPS) is 21.8. The van der Waals surface area contributed by atoms with E-state index in [1.807, 2.05) is 32.6 Å². The molecule has 1 aliphatic heterocycles. The van der Waals surface area contributed by atoms with Crippen LogP contribution in [0.1, 0.15) is 27.7 Å². The zero-order valence-electron chi connectivity index (χ0n) is 13.7. The number of nitrogens with two attached hydrogens (primary N) is 1. The van der Waals surface area contributed by atoms with Crippen molar-refractivity contribution in [3.05, 3.63) is 0 Å². The zero-order valence-corrected chi connectivity index (χ0v) is 13.7. The molecule has 0 aromatic rings. The van der Waals surface area contributed by atoms with E-state index >= 15 is 0 Å². The molecule has 1 fully saturated rings. The average Bonchev–Trinajstić information content (AvgIpc) is 2.43. The highest BCUT2D eigenvalue weighted by molar-refractivity contribution is 5.81. The Morgan fingerprint density at radius 3 is 2.48 bits per heavy atom. The maximum absolute atomic E-state index is 12.1. The number of rotatable bonds is 3. The Kier molecular flexibility index (Phi) is 5.98. The van der Waals surface area contributed by atoms with Gasteiger partial charge in [-0.15, -0.1) is 0 Å². The van der Waals surface area contributed by atoms with Gasteiger partial charge in [0.2, 0.25) is 5.91 Å². The third kappa shape index (κ3) is 4.86. The molecule has 0 saturated carbocycles. The number of piperazine rings is 1. The number of hydrogen-bond donors (Lipinski definition) is 2. The topological polar surface area (TPSA) is 87.9 Å². The van der Waals surface area contributed by atoms with Crippen LogP contribution >= 0.6 is 0 Å². The SMILES string of the molecule is CNC(=O)C(C)N1CCN(C(=O)OC(C)(C)C)CC1CN. The van der Waals surface area contributed by atoms with Crippen LogP contribution in [0.25, 0.3) is 0 Å². The summed E-state index contributed by atoms with van der Waals surface area (Å²) < 4.78 is 5.38. The lowest BCUT2D eigenvalue weighted by Gasteiger charge is -2.43. The second kappa shape index (κ2) is 7.09. The van der Waals surface area contributed by atoms with Gasteiger partial charge in [0.15, 0.2) is 0 Å². The number of carbonyl (C=O) groups is 2. The molecule has 2 atom stereocenters. The fourth-order valence-corrected chi connectivity index (χ4v) is 2.44. The lowest BCUT2D eigenvalue weighted by molar-refractivity contribution is -0.127. The van der Waals surface area contributed by atoms with Gasteiger partial charge in [-0.2, -0.15) is 0 Å². The Morgan fingerprint density at radius 1 is 1.38 bits per heavy atom. The molecule has 0 aromatic carbocycles. The van der Waals surface area contributed by atoms with Crippen molar-refractivity contribution in [3.8, 4) is 0 Å². The van der Waals surface area contributed by atoms with Crippen LogP contribution in [0.2, 0.25) is 0 Å². The van der Waals surface area contributed by atoms with Crippen LogP contribution < -0.4 is 11.1 Å².